The number of allylic oxidation sites excluding steroid dienone is 1. The Morgan fingerprint density at radius 3 is 2.57 bits per heavy atom. The second-order valence-electron chi connectivity index (χ2n) is 9.51. The van der Waals surface area contributed by atoms with Crippen molar-refractivity contribution in [2.24, 2.45) is 4.99 Å². The largest absolute Gasteiger partial charge is 0.497 e. The molecular weight excluding hydrogens is 486 g/mol. The van der Waals surface area contributed by atoms with E-state index < -0.39 is 5.25 Å². The third kappa shape index (κ3) is 6.95. The molecule has 0 radical (unpaired) electrons. The summed E-state index contributed by atoms with van der Waals surface area (Å²) in [6.45, 7) is 4.65. The van der Waals surface area contributed by atoms with E-state index in [4.69, 9.17) is 14.5 Å². The summed E-state index contributed by atoms with van der Waals surface area (Å²) in [5.41, 5.74) is 4.97. The zero-order valence-electron chi connectivity index (χ0n) is 22.0. The average molecular weight is 522 g/mol. The molecule has 0 aromatic heterocycles. The van der Waals surface area contributed by atoms with E-state index in [0.717, 1.165) is 36.1 Å². The highest BCUT2D eigenvalue weighted by Crippen LogP contribution is 2.34. The summed E-state index contributed by atoms with van der Waals surface area (Å²) in [6.07, 6.45) is 7.81. The number of benzene rings is 2. The summed E-state index contributed by atoms with van der Waals surface area (Å²) >= 11 is 1.37. The fraction of sp³-hybridized carbons (Fsp3) is 0.414. The number of carbonyl (C=O) groups is 2. The Bertz CT molecular complexity index is 1200. The van der Waals surface area contributed by atoms with Crippen LogP contribution >= 0.6 is 11.8 Å². The van der Waals surface area contributed by atoms with E-state index in [-0.39, 0.29) is 18.2 Å². The molecule has 8 heteroatoms. The van der Waals surface area contributed by atoms with Gasteiger partial charge in [-0.05, 0) is 81.3 Å². The number of amides is 2. The molecule has 2 aliphatic rings. The lowest BCUT2D eigenvalue weighted by Gasteiger charge is -2.19. The molecule has 196 valence electrons. The maximum Gasteiger partial charge on any atom is 0.242 e. The summed E-state index contributed by atoms with van der Waals surface area (Å²) < 4.78 is 10.6. The van der Waals surface area contributed by atoms with Gasteiger partial charge in [-0.15, -0.1) is 0 Å². The molecule has 1 aliphatic heterocycles. The highest BCUT2D eigenvalue weighted by Gasteiger charge is 2.39. The lowest BCUT2D eigenvalue weighted by atomic mass is 9.97. The fourth-order valence-corrected chi connectivity index (χ4v) is 5.91. The standard InChI is InChI=1S/C29H35N3O4S/c1-19-14-20(2)16-22(15-19)30-29-32(13-12-21-8-6-5-7-9-21)28(34)26(37-29)18-27(33)31-24-17-23(35-3)10-11-25(24)36-4/h8,10-11,14-17,26H,5-7,9,12-13,18H2,1-4H3,(H,31,33)/t26-/m0/s1. The molecule has 1 atom stereocenters. The van der Waals surface area contributed by atoms with Crippen LogP contribution in [0.2, 0.25) is 0 Å². The minimum atomic E-state index is -0.540. The van der Waals surface area contributed by atoms with Gasteiger partial charge < -0.3 is 14.8 Å². The topological polar surface area (TPSA) is 80.2 Å². The zero-order chi connectivity index (χ0) is 26.4. The smallest absolute Gasteiger partial charge is 0.242 e. The zero-order valence-corrected chi connectivity index (χ0v) is 22.8. The SMILES string of the molecule is COc1ccc(OC)c(NC(=O)C[C@@H]2SC(=Nc3cc(C)cc(C)c3)N(CCC3=CCCCC3)C2=O)c1. The van der Waals surface area contributed by atoms with Crippen molar-refractivity contribution in [3.05, 3.63) is 59.2 Å². The van der Waals surface area contributed by atoms with E-state index in [1.165, 1.54) is 30.2 Å². The van der Waals surface area contributed by atoms with Crippen molar-refractivity contribution < 1.29 is 19.1 Å². The van der Waals surface area contributed by atoms with Gasteiger partial charge in [0.15, 0.2) is 5.17 Å². The summed E-state index contributed by atoms with van der Waals surface area (Å²) in [4.78, 5) is 33.1. The van der Waals surface area contributed by atoms with E-state index in [0.29, 0.717) is 28.9 Å². The molecule has 1 heterocycles. The molecular formula is C29H35N3O4S. The number of carbonyl (C=O) groups excluding carboxylic acids is 2. The Kier molecular flexibility index (Phi) is 8.92. The molecule has 1 aliphatic carbocycles. The number of nitrogens with zero attached hydrogens (tertiary/aromatic N) is 2. The van der Waals surface area contributed by atoms with Crippen LogP contribution in [0.25, 0.3) is 0 Å². The van der Waals surface area contributed by atoms with Crippen LogP contribution in [0.15, 0.2) is 53.0 Å². The van der Waals surface area contributed by atoms with Gasteiger partial charge >= 0.3 is 0 Å². The van der Waals surface area contributed by atoms with E-state index in [2.05, 4.69) is 17.5 Å². The summed E-state index contributed by atoms with van der Waals surface area (Å²) in [5, 5.41) is 3.00. The molecule has 7 nitrogen and oxygen atoms in total. The number of ether oxygens (including phenoxy) is 2. The number of aryl methyl sites for hydroxylation is 2. The molecule has 2 aromatic rings. The molecule has 0 unspecified atom stereocenters. The van der Waals surface area contributed by atoms with Crippen molar-refractivity contribution in [3.8, 4) is 11.5 Å². The molecule has 2 aromatic carbocycles. The van der Waals surface area contributed by atoms with Crippen molar-refractivity contribution in [1.29, 1.82) is 0 Å². The van der Waals surface area contributed by atoms with Gasteiger partial charge in [0.05, 0.1) is 25.6 Å². The minimum Gasteiger partial charge on any atom is -0.497 e. The molecule has 0 spiro atoms. The van der Waals surface area contributed by atoms with Gasteiger partial charge in [-0.3, -0.25) is 14.5 Å². The third-order valence-corrected chi connectivity index (χ3v) is 7.72. The predicted molar refractivity (Wildman–Crippen MR) is 150 cm³/mol. The number of amidine groups is 1. The third-order valence-electron chi connectivity index (χ3n) is 6.54. The minimum absolute atomic E-state index is 0.0366. The van der Waals surface area contributed by atoms with Crippen LogP contribution in [-0.2, 0) is 9.59 Å². The Balaban J connectivity index is 1.52. The first kappa shape index (κ1) is 26.8. The number of methoxy groups -OCH3 is 2. The van der Waals surface area contributed by atoms with E-state index >= 15 is 0 Å². The monoisotopic (exact) mass is 521 g/mol. The van der Waals surface area contributed by atoms with Gasteiger partial charge in [-0.1, -0.05) is 29.5 Å². The normalized spacial score (nSPS) is 18.6. The average Bonchev–Trinajstić information content (AvgIpc) is 3.15. The van der Waals surface area contributed by atoms with Crippen molar-refractivity contribution in [2.45, 2.75) is 57.6 Å². The first-order valence-corrected chi connectivity index (χ1v) is 13.6. The van der Waals surface area contributed by atoms with Crippen LogP contribution in [0.5, 0.6) is 11.5 Å². The number of hydrogen-bond acceptors (Lipinski definition) is 6. The van der Waals surface area contributed by atoms with Gasteiger partial charge in [0.25, 0.3) is 0 Å². The molecule has 0 bridgehead atoms. The lowest BCUT2D eigenvalue weighted by molar-refractivity contribution is -0.128. The van der Waals surface area contributed by atoms with Crippen LogP contribution in [-0.4, -0.2) is 47.9 Å². The van der Waals surface area contributed by atoms with Crippen molar-refractivity contribution in [3.63, 3.8) is 0 Å². The van der Waals surface area contributed by atoms with Crippen LogP contribution in [0.4, 0.5) is 11.4 Å². The molecule has 1 fully saturated rings. The highest BCUT2D eigenvalue weighted by atomic mass is 32.2. The van der Waals surface area contributed by atoms with E-state index in [1.54, 1.807) is 37.3 Å². The lowest BCUT2D eigenvalue weighted by Crippen LogP contribution is -2.34. The number of aliphatic imine (C=N–C) groups is 1. The van der Waals surface area contributed by atoms with Crippen LogP contribution in [0, 0.1) is 13.8 Å². The molecule has 4 rings (SSSR count). The Morgan fingerprint density at radius 2 is 1.89 bits per heavy atom. The van der Waals surface area contributed by atoms with Gasteiger partial charge in [-0.25, -0.2) is 4.99 Å². The Hall–Kier alpha value is -3.26. The quantitative estimate of drug-likeness (QED) is 0.399. The first-order valence-electron chi connectivity index (χ1n) is 12.7. The second-order valence-corrected chi connectivity index (χ2v) is 10.7. The highest BCUT2D eigenvalue weighted by molar-refractivity contribution is 8.15. The number of thioether (sulfide) groups is 1. The number of rotatable bonds is 9. The van der Waals surface area contributed by atoms with Crippen LogP contribution in [0.1, 0.15) is 49.7 Å². The summed E-state index contributed by atoms with van der Waals surface area (Å²) in [7, 11) is 3.11. The Labute approximate surface area is 223 Å². The summed E-state index contributed by atoms with van der Waals surface area (Å²) in [6, 6.07) is 11.3. The number of anilines is 1. The Morgan fingerprint density at radius 1 is 1.11 bits per heavy atom. The van der Waals surface area contributed by atoms with Gasteiger partial charge in [0, 0.05) is 19.0 Å². The van der Waals surface area contributed by atoms with Crippen LogP contribution < -0.4 is 14.8 Å². The van der Waals surface area contributed by atoms with Gasteiger partial charge in [-0.2, -0.15) is 0 Å². The predicted octanol–water partition coefficient (Wildman–Crippen LogP) is 6.17. The molecule has 2 amide bonds. The van der Waals surface area contributed by atoms with Crippen LogP contribution in [0.3, 0.4) is 0 Å². The van der Waals surface area contributed by atoms with Crippen molar-refractivity contribution >= 4 is 40.1 Å². The van der Waals surface area contributed by atoms with Gasteiger partial charge in [0.2, 0.25) is 11.8 Å². The first-order chi connectivity index (χ1) is 17.9. The fourth-order valence-electron chi connectivity index (χ4n) is 4.72. The maximum absolute atomic E-state index is 13.5. The second kappa shape index (κ2) is 12.3. The van der Waals surface area contributed by atoms with Gasteiger partial charge in [0.1, 0.15) is 16.7 Å². The number of nitrogens with one attached hydrogen (secondary N) is 1. The van der Waals surface area contributed by atoms with E-state index in [1.807, 2.05) is 26.0 Å². The summed E-state index contributed by atoms with van der Waals surface area (Å²) in [5.74, 6) is 0.796. The molecule has 1 saturated heterocycles. The molecule has 1 N–H and O–H groups in total. The molecule has 37 heavy (non-hydrogen) atoms. The number of hydrogen-bond donors (Lipinski definition) is 1. The van der Waals surface area contributed by atoms with Crippen molar-refractivity contribution in [2.75, 3.05) is 26.1 Å². The maximum atomic E-state index is 13.5. The van der Waals surface area contributed by atoms with E-state index in [9.17, 15) is 9.59 Å². The molecule has 0 saturated carbocycles. The van der Waals surface area contributed by atoms with Crippen molar-refractivity contribution in [1.82, 2.24) is 4.90 Å².